The second kappa shape index (κ2) is 5.61. The lowest BCUT2D eigenvalue weighted by Gasteiger charge is -2.12. The van der Waals surface area contributed by atoms with Crippen molar-refractivity contribution in [3.05, 3.63) is 45.6 Å². The van der Waals surface area contributed by atoms with E-state index < -0.39 is 23.4 Å². The highest BCUT2D eigenvalue weighted by molar-refractivity contribution is 5.73. The van der Waals surface area contributed by atoms with Gasteiger partial charge in [0.1, 0.15) is 16.9 Å². The van der Waals surface area contributed by atoms with E-state index in [1.807, 2.05) is 0 Å². The smallest absolute Gasteiger partial charge is 0.298 e. The molecule has 0 amide bonds. The van der Waals surface area contributed by atoms with Crippen molar-refractivity contribution in [3.63, 3.8) is 0 Å². The van der Waals surface area contributed by atoms with Crippen molar-refractivity contribution in [2.45, 2.75) is 25.2 Å². The lowest BCUT2D eigenvalue weighted by Crippen LogP contribution is -2.08. The third-order valence-corrected chi connectivity index (χ3v) is 4.19. The molecule has 1 aromatic carbocycles. The molecule has 4 rings (SSSR count). The molecule has 130 valence electrons. The first-order valence-electron chi connectivity index (χ1n) is 7.63. The minimum Gasteiger partial charge on any atom is -0.468 e. The van der Waals surface area contributed by atoms with Crippen LogP contribution in [0.15, 0.2) is 23.1 Å². The molecule has 3 aromatic rings. The van der Waals surface area contributed by atoms with E-state index in [1.165, 1.54) is 25.4 Å². The van der Waals surface area contributed by atoms with E-state index in [0.29, 0.717) is 5.56 Å². The van der Waals surface area contributed by atoms with Crippen molar-refractivity contribution in [1.82, 2.24) is 19.7 Å². The molecule has 2 heterocycles. The minimum absolute atomic E-state index is 0.0218. The first-order valence-corrected chi connectivity index (χ1v) is 7.63. The van der Waals surface area contributed by atoms with Gasteiger partial charge in [-0.3, -0.25) is 9.78 Å². The van der Waals surface area contributed by atoms with Gasteiger partial charge in [-0.2, -0.15) is 4.98 Å². The largest absolute Gasteiger partial charge is 0.468 e. The van der Waals surface area contributed by atoms with Crippen molar-refractivity contribution < 1.29 is 17.9 Å². The number of nitrogens with zero attached hydrogens (tertiary/aromatic N) is 3. The minimum atomic E-state index is -2.88. The van der Waals surface area contributed by atoms with E-state index in [0.717, 1.165) is 17.5 Å². The van der Waals surface area contributed by atoms with Crippen molar-refractivity contribution in [2.24, 2.45) is 0 Å². The number of rotatable bonds is 4. The average Bonchev–Trinajstić information content (AvgIpc) is 3.33. The standard InChI is InChI=1S/C16H13F3N4O2/c1-25-16-20-14-10(15(24)21-16)6-23(22-14)12-9(13(18)19)4-8(5-11(12)17)7-2-3-7/h4-7,13H,2-3H2,1H3,(H,20,21,22,24). The lowest BCUT2D eigenvalue weighted by atomic mass is 10.0. The Kier molecular flexibility index (Phi) is 3.52. The first kappa shape index (κ1) is 15.7. The van der Waals surface area contributed by atoms with Crippen LogP contribution in [0.5, 0.6) is 6.01 Å². The zero-order valence-electron chi connectivity index (χ0n) is 13.1. The highest BCUT2D eigenvalue weighted by Gasteiger charge is 2.28. The van der Waals surface area contributed by atoms with E-state index in [9.17, 15) is 18.0 Å². The summed E-state index contributed by atoms with van der Waals surface area (Å²) in [4.78, 5) is 18.3. The zero-order valence-corrected chi connectivity index (χ0v) is 13.1. The molecule has 0 spiro atoms. The summed E-state index contributed by atoms with van der Waals surface area (Å²) in [6.07, 6.45) is 0.0384. The fourth-order valence-corrected chi connectivity index (χ4v) is 2.81. The molecule has 1 saturated carbocycles. The molecule has 1 aliphatic carbocycles. The SMILES string of the molecule is COc1nc2nn(-c3c(F)cc(C4CC4)cc3C(F)F)cc2c(=O)[nH]1. The summed E-state index contributed by atoms with van der Waals surface area (Å²) in [5.74, 6) is -0.678. The summed E-state index contributed by atoms with van der Waals surface area (Å²) in [7, 11) is 1.31. The van der Waals surface area contributed by atoms with Gasteiger partial charge in [0.15, 0.2) is 5.65 Å². The number of alkyl halides is 2. The zero-order chi connectivity index (χ0) is 17.7. The summed E-state index contributed by atoms with van der Waals surface area (Å²) in [5, 5.41) is 4.03. The van der Waals surface area contributed by atoms with E-state index in [2.05, 4.69) is 15.1 Å². The van der Waals surface area contributed by atoms with Crippen molar-refractivity contribution >= 4 is 11.0 Å². The number of halogens is 3. The fraction of sp³-hybridized carbons (Fsp3) is 0.312. The summed E-state index contributed by atoms with van der Waals surface area (Å²) >= 11 is 0. The molecule has 0 unspecified atom stereocenters. The van der Waals surface area contributed by atoms with E-state index >= 15 is 0 Å². The van der Waals surface area contributed by atoms with E-state index in [4.69, 9.17) is 4.74 Å². The Morgan fingerprint density at radius 1 is 1.36 bits per heavy atom. The van der Waals surface area contributed by atoms with Gasteiger partial charge in [0.05, 0.1) is 7.11 Å². The number of fused-ring (bicyclic) bond motifs is 1. The topological polar surface area (TPSA) is 72.8 Å². The number of methoxy groups -OCH3 is 1. The Labute approximate surface area is 139 Å². The Bertz CT molecular complexity index is 1020. The predicted octanol–water partition coefficient (Wildman–Crippen LogP) is 3.07. The molecular weight excluding hydrogens is 337 g/mol. The predicted molar refractivity (Wildman–Crippen MR) is 82.9 cm³/mol. The van der Waals surface area contributed by atoms with Gasteiger partial charge in [0, 0.05) is 11.8 Å². The van der Waals surface area contributed by atoms with Gasteiger partial charge in [-0.1, -0.05) is 0 Å². The normalized spacial score (nSPS) is 14.4. The monoisotopic (exact) mass is 350 g/mol. The van der Waals surface area contributed by atoms with Crippen LogP contribution in [0.3, 0.4) is 0 Å². The van der Waals surface area contributed by atoms with Gasteiger partial charge in [-0.05, 0) is 36.5 Å². The van der Waals surface area contributed by atoms with Gasteiger partial charge in [0.2, 0.25) is 0 Å². The third kappa shape index (κ3) is 2.65. The van der Waals surface area contributed by atoms with E-state index in [-0.39, 0.29) is 28.6 Å². The van der Waals surface area contributed by atoms with Crippen LogP contribution in [0.1, 0.15) is 36.3 Å². The first-order chi connectivity index (χ1) is 12.0. The molecular formula is C16H13F3N4O2. The maximum atomic E-state index is 14.6. The average molecular weight is 350 g/mol. The van der Waals surface area contributed by atoms with Gasteiger partial charge in [-0.25, -0.2) is 17.9 Å². The Balaban J connectivity index is 1.93. The fourth-order valence-electron chi connectivity index (χ4n) is 2.81. The number of nitrogens with one attached hydrogen (secondary N) is 1. The molecule has 6 nitrogen and oxygen atoms in total. The molecule has 9 heteroatoms. The van der Waals surface area contributed by atoms with Crippen LogP contribution in [0.25, 0.3) is 16.7 Å². The maximum absolute atomic E-state index is 14.6. The van der Waals surface area contributed by atoms with Gasteiger partial charge < -0.3 is 4.74 Å². The summed E-state index contributed by atoms with van der Waals surface area (Å²) in [6.45, 7) is 0. The third-order valence-electron chi connectivity index (χ3n) is 4.19. The molecule has 1 N–H and O–H groups in total. The quantitative estimate of drug-likeness (QED) is 0.785. The maximum Gasteiger partial charge on any atom is 0.298 e. The van der Waals surface area contributed by atoms with Crippen LogP contribution in [-0.4, -0.2) is 26.9 Å². The second-order valence-electron chi connectivity index (χ2n) is 5.90. The van der Waals surface area contributed by atoms with Gasteiger partial charge in [-0.15, -0.1) is 5.10 Å². The highest BCUT2D eigenvalue weighted by Crippen LogP contribution is 2.42. The number of benzene rings is 1. The summed E-state index contributed by atoms with van der Waals surface area (Å²) in [6, 6.07) is 2.50. The molecule has 0 bridgehead atoms. The summed E-state index contributed by atoms with van der Waals surface area (Å²) in [5.41, 5.74) is -0.854. The molecule has 1 fully saturated rings. The van der Waals surface area contributed by atoms with Crippen LogP contribution >= 0.6 is 0 Å². The molecule has 0 saturated heterocycles. The van der Waals surface area contributed by atoms with Crippen molar-refractivity contribution in [3.8, 4) is 11.7 Å². The number of hydrogen-bond donors (Lipinski definition) is 1. The number of aromatic amines is 1. The Morgan fingerprint density at radius 3 is 2.76 bits per heavy atom. The van der Waals surface area contributed by atoms with Crippen LogP contribution in [0.4, 0.5) is 13.2 Å². The number of H-pyrrole nitrogens is 1. The van der Waals surface area contributed by atoms with Crippen LogP contribution in [-0.2, 0) is 0 Å². The van der Waals surface area contributed by atoms with Gasteiger partial charge in [0.25, 0.3) is 18.0 Å². The Morgan fingerprint density at radius 2 is 2.12 bits per heavy atom. The molecule has 0 aliphatic heterocycles. The van der Waals surface area contributed by atoms with Crippen molar-refractivity contribution in [1.29, 1.82) is 0 Å². The molecule has 2 aromatic heterocycles. The lowest BCUT2D eigenvalue weighted by molar-refractivity contribution is 0.150. The number of hydrogen-bond acceptors (Lipinski definition) is 4. The van der Waals surface area contributed by atoms with Crippen LogP contribution in [0.2, 0.25) is 0 Å². The molecule has 25 heavy (non-hydrogen) atoms. The van der Waals surface area contributed by atoms with Gasteiger partial charge >= 0.3 is 0 Å². The van der Waals surface area contributed by atoms with Crippen LogP contribution < -0.4 is 10.3 Å². The van der Waals surface area contributed by atoms with E-state index in [1.54, 1.807) is 0 Å². The number of ether oxygens (including phenoxy) is 1. The van der Waals surface area contributed by atoms with Crippen LogP contribution in [0, 0.1) is 5.82 Å². The molecule has 0 radical (unpaired) electrons. The highest BCUT2D eigenvalue weighted by atomic mass is 19.3. The number of aromatic nitrogens is 4. The Hall–Kier alpha value is -2.84. The molecule has 0 atom stereocenters. The van der Waals surface area contributed by atoms with Crippen molar-refractivity contribution in [2.75, 3.05) is 7.11 Å². The molecule has 1 aliphatic rings. The second-order valence-corrected chi connectivity index (χ2v) is 5.90. The summed E-state index contributed by atoms with van der Waals surface area (Å²) < 4.78 is 47.4.